The van der Waals surface area contributed by atoms with Crippen LogP contribution < -0.4 is 4.74 Å². The maximum Gasteiger partial charge on any atom is 0.416 e. The summed E-state index contributed by atoms with van der Waals surface area (Å²) < 4.78 is 49.4. The molecule has 1 fully saturated rings. The summed E-state index contributed by atoms with van der Waals surface area (Å²) in [7, 11) is 0. The Kier molecular flexibility index (Phi) is 6.61. The normalized spacial score (nSPS) is 19.4. The molecule has 1 aliphatic rings. The first-order valence-corrected chi connectivity index (χ1v) is 10.7. The lowest BCUT2D eigenvalue weighted by molar-refractivity contribution is -0.158. The Balaban J connectivity index is 1.73. The molecule has 4 nitrogen and oxygen atoms in total. The first kappa shape index (κ1) is 24.1. The van der Waals surface area contributed by atoms with Crippen molar-refractivity contribution in [2.24, 2.45) is 5.92 Å². The van der Waals surface area contributed by atoms with Crippen molar-refractivity contribution in [2.45, 2.75) is 64.8 Å². The van der Waals surface area contributed by atoms with Crippen LogP contribution >= 0.6 is 0 Å². The number of carbonyl (C=O) groups excluding carboxylic acids is 1. The molecular weight excluding hydrogens is 421 g/mol. The zero-order valence-corrected chi connectivity index (χ0v) is 18.9. The van der Waals surface area contributed by atoms with Crippen LogP contribution in [0.5, 0.6) is 5.75 Å². The summed E-state index contributed by atoms with van der Waals surface area (Å²) >= 11 is 0. The molecule has 2 aromatic rings. The summed E-state index contributed by atoms with van der Waals surface area (Å²) in [5.74, 6) is 0.224. The fourth-order valence-corrected chi connectivity index (χ4v) is 4.02. The van der Waals surface area contributed by atoms with Gasteiger partial charge in [-0.15, -0.1) is 0 Å². The Morgan fingerprint density at radius 1 is 1.12 bits per heavy atom. The van der Waals surface area contributed by atoms with E-state index in [0.717, 1.165) is 35.2 Å². The molecule has 174 valence electrons. The number of halogens is 3. The molecule has 3 atom stereocenters. The van der Waals surface area contributed by atoms with Crippen LogP contribution in [-0.4, -0.2) is 23.3 Å². The Morgan fingerprint density at radius 3 is 2.19 bits per heavy atom. The number of aryl methyl sites for hydroxylation is 2. The van der Waals surface area contributed by atoms with E-state index >= 15 is 0 Å². The van der Waals surface area contributed by atoms with Crippen LogP contribution in [0.2, 0.25) is 0 Å². The standard InChI is InChI=1S/C25H29F3O4/c1-6-31-23(30)24(4,5)32-22-14(2)11-17(12-15(22)3)19-13-20(19)21(29)16-7-9-18(10-8-16)25(26,27)28/h7-12,19-21,29H,6,13H2,1-5H3. The van der Waals surface area contributed by atoms with Gasteiger partial charge in [0.05, 0.1) is 18.3 Å². The van der Waals surface area contributed by atoms with Gasteiger partial charge in [-0.25, -0.2) is 4.79 Å². The summed E-state index contributed by atoms with van der Waals surface area (Å²) in [6.45, 7) is 9.13. The van der Waals surface area contributed by atoms with Crippen molar-refractivity contribution in [3.63, 3.8) is 0 Å². The van der Waals surface area contributed by atoms with E-state index in [1.165, 1.54) is 12.1 Å². The first-order valence-electron chi connectivity index (χ1n) is 10.7. The summed E-state index contributed by atoms with van der Waals surface area (Å²) in [5.41, 5.74) is 1.40. The van der Waals surface area contributed by atoms with Crippen molar-refractivity contribution in [1.29, 1.82) is 0 Å². The molecule has 0 spiro atoms. The second kappa shape index (κ2) is 8.77. The zero-order valence-electron chi connectivity index (χ0n) is 18.9. The lowest BCUT2D eigenvalue weighted by Crippen LogP contribution is -2.40. The average Bonchev–Trinajstić information content (AvgIpc) is 3.50. The van der Waals surface area contributed by atoms with E-state index in [0.29, 0.717) is 11.3 Å². The second-order valence-corrected chi connectivity index (χ2v) is 8.89. The lowest BCUT2D eigenvalue weighted by Gasteiger charge is -2.26. The zero-order chi connectivity index (χ0) is 23.8. The van der Waals surface area contributed by atoms with Gasteiger partial charge >= 0.3 is 12.1 Å². The largest absolute Gasteiger partial charge is 0.476 e. The topological polar surface area (TPSA) is 55.8 Å². The van der Waals surface area contributed by atoms with Crippen molar-refractivity contribution < 1.29 is 32.5 Å². The second-order valence-electron chi connectivity index (χ2n) is 8.89. The maximum absolute atomic E-state index is 12.8. The smallest absolute Gasteiger partial charge is 0.416 e. The molecule has 2 aromatic carbocycles. The van der Waals surface area contributed by atoms with Gasteiger partial charge in [0.2, 0.25) is 0 Å². The lowest BCUT2D eigenvalue weighted by atomic mass is 9.97. The van der Waals surface area contributed by atoms with Crippen LogP contribution in [0.25, 0.3) is 0 Å². The third-order valence-electron chi connectivity index (χ3n) is 5.86. The molecule has 32 heavy (non-hydrogen) atoms. The molecule has 0 radical (unpaired) electrons. The predicted molar refractivity (Wildman–Crippen MR) is 115 cm³/mol. The fourth-order valence-electron chi connectivity index (χ4n) is 4.02. The van der Waals surface area contributed by atoms with E-state index in [1.807, 2.05) is 26.0 Å². The van der Waals surface area contributed by atoms with Crippen molar-refractivity contribution in [2.75, 3.05) is 6.61 Å². The van der Waals surface area contributed by atoms with Crippen molar-refractivity contribution in [1.82, 2.24) is 0 Å². The molecule has 0 heterocycles. The van der Waals surface area contributed by atoms with E-state index in [2.05, 4.69) is 0 Å². The van der Waals surface area contributed by atoms with E-state index in [-0.39, 0.29) is 18.4 Å². The predicted octanol–water partition coefficient (Wildman–Crippen LogP) is 5.88. The van der Waals surface area contributed by atoms with Crippen LogP contribution in [0.1, 0.15) is 67.0 Å². The molecule has 0 bridgehead atoms. The number of aliphatic hydroxyl groups is 1. The minimum Gasteiger partial charge on any atom is -0.476 e. The summed E-state index contributed by atoms with van der Waals surface area (Å²) in [6.07, 6.45) is -4.48. The van der Waals surface area contributed by atoms with Crippen molar-refractivity contribution in [3.05, 3.63) is 64.2 Å². The minimum atomic E-state index is -4.40. The first-order chi connectivity index (χ1) is 14.8. The number of benzene rings is 2. The van der Waals surface area contributed by atoms with Crippen molar-refractivity contribution in [3.8, 4) is 5.75 Å². The van der Waals surface area contributed by atoms with Gasteiger partial charge < -0.3 is 14.6 Å². The van der Waals surface area contributed by atoms with Crippen LogP contribution in [0.3, 0.4) is 0 Å². The fraction of sp³-hybridized carbons (Fsp3) is 0.480. The average molecular weight is 450 g/mol. The van der Waals surface area contributed by atoms with Gasteiger partial charge in [0, 0.05) is 0 Å². The highest BCUT2D eigenvalue weighted by Gasteiger charge is 2.44. The molecular formula is C25H29F3O4. The third-order valence-corrected chi connectivity index (χ3v) is 5.86. The van der Waals surface area contributed by atoms with Crippen molar-refractivity contribution >= 4 is 5.97 Å². The molecule has 7 heteroatoms. The Morgan fingerprint density at radius 2 is 1.69 bits per heavy atom. The van der Waals surface area contributed by atoms with E-state index in [4.69, 9.17) is 9.47 Å². The van der Waals surface area contributed by atoms with Gasteiger partial charge in [-0.2, -0.15) is 13.2 Å². The molecule has 0 amide bonds. The van der Waals surface area contributed by atoms with Gasteiger partial charge in [0.15, 0.2) is 5.60 Å². The van der Waals surface area contributed by atoms with E-state index < -0.39 is 29.4 Å². The monoisotopic (exact) mass is 450 g/mol. The number of esters is 1. The third kappa shape index (κ3) is 5.09. The number of carbonyl (C=O) groups is 1. The van der Waals surface area contributed by atoms with Crippen LogP contribution in [0.4, 0.5) is 13.2 Å². The Labute approximate surface area is 186 Å². The highest BCUT2D eigenvalue weighted by molar-refractivity contribution is 5.79. The number of ether oxygens (including phenoxy) is 2. The Hall–Kier alpha value is -2.54. The SMILES string of the molecule is CCOC(=O)C(C)(C)Oc1c(C)cc(C2CC2C(O)c2ccc(C(F)(F)F)cc2)cc1C. The van der Waals surface area contributed by atoms with E-state index in [9.17, 15) is 23.1 Å². The number of hydrogen-bond acceptors (Lipinski definition) is 4. The van der Waals surface area contributed by atoms with Gasteiger partial charge in [-0.3, -0.25) is 0 Å². The maximum atomic E-state index is 12.8. The minimum absolute atomic E-state index is 0.0618. The number of hydrogen-bond donors (Lipinski definition) is 1. The molecule has 0 aromatic heterocycles. The Bertz CT molecular complexity index is 957. The molecule has 1 N–H and O–H groups in total. The van der Waals surface area contributed by atoms with Gasteiger partial charge in [-0.05, 0) is 87.3 Å². The van der Waals surface area contributed by atoms with Crippen LogP contribution in [-0.2, 0) is 15.7 Å². The molecule has 3 rings (SSSR count). The molecule has 0 saturated heterocycles. The quantitative estimate of drug-likeness (QED) is 0.535. The van der Waals surface area contributed by atoms with Crippen LogP contribution in [0.15, 0.2) is 36.4 Å². The van der Waals surface area contributed by atoms with Gasteiger partial charge in [0.1, 0.15) is 5.75 Å². The summed E-state index contributed by atoms with van der Waals surface area (Å²) in [6, 6.07) is 8.65. The number of alkyl halides is 3. The molecule has 3 unspecified atom stereocenters. The molecule has 1 aliphatic carbocycles. The molecule has 1 saturated carbocycles. The number of aliphatic hydroxyl groups excluding tert-OH is 1. The van der Waals surface area contributed by atoms with Crippen LogP contribution in [0, 0.1) is 19.8 Å². The highest BCUT2D eigenvalue weighted by Crippen LogP contribution is 2.55. The highest BCUT2D eigenvalue weighted by atomic mass is 19.4. The molecule has 0 aliphatic heterocycles. The summed E-state index contributed by atoms with van der Waals surface area (Å²) in [5, 5.41) is 10.7. The van der Waals surface area contributed by atoms with E-state index in [1.54, 1.807) is 20.8 Å². The summed E-state index contributed by atoms with van der Waals surface area (Å²) in [4.78, 5) is 12.2. The van der Waals surface area contributed by atoms with Gasteiger partial charge in [0.25, 0.3) is 0 Å². The number of rotatable bonds is 7. The van der Waals surface area contributed by atoms with Gasteiger partial charge in [-0.1, -0.05) is 24.3 Å².